The second kappa shape index (κ2) is 7.60. The normalized spacial score (nSPS) is 16.7. The SMILES string of the molecule is CCc1nc(NC2CCN(c3cc(OC)cc(OC)c3)C2)c2ccsc2n1. The first-order valence-electron chi connectivity index (χ1n) is 9.18. The van der Waals surface area contributed by atoms with E-state index in [1.165, 1.54) is 0 Å². The van der Waals surface area contributed by atoms with Crippen molar-refractivity contribution in [3.8, 4) is 11.5 Å². The number of hydrogen-bond donors (Lipinski definition) is 1. The van der Waals surface area contributed by atoms with Crippen molar-refractivity contribution in [1.29, 1.82) is 0 Å². The van der Waals surface area contributed by atoms with Crippen molar-refractivity contribution < 1.29 is 9.47 Å². The van der Waals surface area contributed by atoms with Crippen LogP contribution in [0, 0.1) is 0 Å². The van der Waals surface area contributed by atoms with E-state index in [4.69, 9.17) is 14.5 Å². The third-order valence-electron chi connectivity index (χ3n) is 4.92. The number of thiophene rings is 1. The minimum Gasteiger partial charge on any atom is -0.497 e. The molecule has 27 heavy (non-hydrogen) atoms. The molecule has 0 radical (unpaired) electrons. The molecule has 1 aliphatic rings. The quantitative estimate of drug-likeness (QED) is 0.694. The van der Waals surface area contributed by atoms with E-state index in [2.05, 4.69) is 45.7 Å². The van der Waals surface area contributed by atoms with Crippen LogP contribution in [0.5, 0.6) is 11.5 Å². The molecule has 0 amide bonds. The number of anilines is 2. The molecule has 1 aliphatic heterocycles. The predicted octanol–water partition coefficient (Wildman–Crippen LogP) is 3.96. The summed E-state index contributed by atoms with van der Waals surface area (Å²) >= 11 is 1.67. The molecule has 142 valence electrons. The van der Waals surface area contributed by atoms with Gasteiger partial charge in [-0.3, -0.25) is 0 Å². The molecule has 1 saturated heterocycles. The first-order valence-corrected chi connectivity index (χ1v) is 10.1. The van der Waals surface area contributed by atoms with Gasteiger partial charge in [-0.1, -0.05) is 6.92 Å². The third-order valence-corrected chi connectivity index (χ3v) is 5.72. The number of nitrogens with one attached hydrogen (secondary N) is 1. The zero-order valence-electron chi connectivity index (χ0n) is 15.9. The number of rotatable bonds is 6. The number of nitrogens with zero attached hydrogens (tertiary/aromatic N) is 3. The van der Waals surface area contributed by atoms with Crippen LogP contribution in [0.3, 0.4) is 0 Å². The van der Waals surface area contributed by atoms with Gasteiger partial charge in [0.2, 0.25) is 0 Å². The van der Waals surface area contributed by atoms with Gasteiger partial charge >= 0.3 is 0 Å². The lowest BCUT2D eigenvalue weighted by Gasteiger charge is -2.21. The Balaban J connectivity index is 1.53. The van der Waals surface area contributed by atoms with E-state index in [9.17, 15) is 0 Å². The van der Waals surface area contributed by atoms with Crippen LogP contribution < -0.4 is 19.7 Å². The molecule has 6 nitrogen and oxygen atoms in total. The van der Waals surface area contributed by atoms with Gasteiger partial charge in [0, 0.05) is 49.4 Å². The zero-order valence-corrected chi connectivity index (χ0v) is 16.7. The summed E-state index contributed by atoms with van der Waals surface area (Å²) in [6.45, 7) is 3.98. The molecule has 7 heteroatoms. The first-order chi connectivity index (χ1) is 13.2. The van der Waals surface area contributed by atoms with E-state index in [1.54, 1.807) is 25.6 Å². The van der Waals surface area contributed by atoms with Crippen LogP contribution in [0.2, 0.25) is 0 Å². The predicted molar refractivity (Wildman–Crippen MR) is 111 cm³/mol. The number of aryl methyl sites for hydroxylation is 1. The minimum atomic E-state index is 0.338. The summed E-state index contributed by atoms with van der Waals surface area (Å²) in [5, 5.41) is 6.84. The van der Waals surface area contributed by atoms with E-state index < -0.39 is 0 Å². The Labute approximate surface area is 163 Å². The molecule has 1 unspecified atom stereocenters. The Hall–Kier alpha value is -2.54. The Morgan fingerprint density at radius 1 is 1.19 bits per heavy atom. The van der Waals surface area contributed by atoms with Gasteiger partial charge in [-0.05, 0) is 17.9 Å². The zero-order chi connectivity index (χ0) is 18.8. The van der Waals surface area contributed by atoms with E-state index in [1.807, 2.05) is 6.07 Å². The van der Waals surface area contributed by atoms with Crippen molar-refractivity contribution in [1.82, 2.24) is 9.97 Å². The molecule has 1 fully saturated rings. The molecule has 2 aromatic heterocycles. The molecule has 3 aromatic rings. The van der Waals surface area contributed by atoms with Gasteiger partial charge in [0.15, 0.2) is 0 Å². The van der Waals surface area contributed by atoms with Gasteiger partial charge in [0.1, 0.15) is 28.0 Å². The van der Waals surface area contributed by atoms with Crippen molar-refractivity contribution in [2.45, 2.75) is 25.8 Å². The molecule has 0 aliphatic carbocycles. The van der Waals surface area contributed by atoms with Gasteiger partial charge in [-0.25, -0.2) is 9.97 Å². The van der Waals surface area contributed by atoms with Crippen LogP contribution >= 0.6 is 11.3 Å². The monoisotopic (exact) mass is 384 g/mol. The maximum Gasteiger partial charge on any atom is 0.138 e. The van der Waals surface area contributed by atoms with Gasteiger partial charge in [-0.15, -0.1) is 11.3 Å². The molecule has 3 heterocycles. The number of hydrogen-bond acceptors (Lipinski definition) is 7. The highest BCUT2D eigenvalue weighted by Crippen LogP contribution is 2.32. The van der Waals surface area contributed by atoms with Gasteiger partial charge in [0.05, 0.1) is 19.6 Å². The molecular formula is C20H24N4O2S. The number of ether oxygens (including phenoxy) is 2. The summed E-state index contributed by atoms with van der Waals surface area (Å²) in [7, 11) is 3.36. The van der Waals surface area contributed by atoms with Gasteiger partial charge in [-0.2, -0.15) is 0 Å². The number of benzene rings is 1. The smallest absolute Gasteiger partial charge is 0.138 e. The summed E-state index contributed by atoms with van der Waals surface area (Å²) in [6, 6.07) is 8.45. The molecule has 0 bridgehead atoms. The van der Waals surface area contributed by atoms with Crippen molar-refractivity contribution in [3.63, 3.8) is 0 Å². The third kappa shape index (κ3) is 3.64. The number of fused-ring (bicyclic) bond motifs is 1. The van der Waals surface area contributed by atoms with E-state index in [0.717, 1.165) is 65.0 Å². The standard InChI is InChI=1S/C20H24N4O2S/c1-4-18-22-19(17-6-8-27-20(17)23-18)21-13-5-7-24(12-13)14-9-15(25-2)11-16(10-14)26-3/h6,8-11,13H,4-5,7,12H2,1-3H3,(H,21,22,23). The molecular weight excluding hydrogens is 360 g/mol. The van der Waals surface area contributed by atoms with Crippen molar-refractivity contribution in [3.05, 3.63) is 35.5 Å². The molecule has 1 N–H and O–H groups in total. The van der Waals surface area contributed by atoms with Gasteiger partial charge < -0.3 is 19.7 Å². The lowest BCUT2D eigenvalue weighted by molar-refractivity contribution is 0.394. The highest BCUT2D eigenvalue weighted by Gasteiger charge is 2.24. The summed E-state index contributed by atoms with van der Waals surface area (Å²) in [5.74, 6) is 3.46. The first kappa shape index (κ1) is 17.9. The second-order valence-corrected chi connectivity index (χ2v) is 7.52. The highest BCUT2D eigenvalue weighted by atomic mass is 32.1. The van der Waals surface area contributed by atoms with E-state index in [-0.39, 0.29) is 0 Å². The largest absolute Gasteiger partial charge is 0.497 e. The maximum atomic E-state index is 5.41. The molecule has 0 saturated carbocycles. The topological polar surface area (TPSA) is 59.5 Å². The van der Waals surface area contributed by atoms with Crippen LogP contribution in [0.15, 0.2) is 29.6 Å². The summed E-state index contributed by atoms with van der Waals surface area (Å²) in [4.78, 5) is 12.8. The molecule has 1 aromatic carbocycles. The number of aromatic nitrogens is 2. The summed E-state index contributed by atoms with van der Waals surface area (Å²) in [6.07, 6.45) is 1.89. The average Bonchev–Trinajstić information content (AvgIpc) is 3.36. The maximum absolute atomic E-state index is 5.41. The molecule has 1 atom stereocenters. The van der Waals surface area contributed by atoms with E-state index in [0.29, 0.717) is 6.04 Å². The minimum absolute atomic E-state index is 0.338. The van der Waals surface area contributed by atoms with Crippen molar-refractivity contribution in [2.24, 2.45) is 0 Å². The second-order valence-electron chi connectivity index (χ2n) is 6.63. The molecule has 4 rings (SSSR count). The Morgan fingerprint density at radius 3 is 2.67 bits per heavy atom. The Kier molecular flexibility index (Phi) is 5.03. The number of methoxy groups -OCH3 is 2. The lowest BCUT2D eigenvalue weighted by Crippen LogP contribution is -2.26. The fourth-order valence-corrected chi connectivity index (χ4v) is 4.23. The van der Waals surface area contributed by atoms with Crippen LogP contribution in [-0.4, -0.2) is 43.3 Å². The van der Waals surface area contributed by atoms with Crippen LogP contribution in [0.4, 0.5) is 11.5 Å². The van der Waals surface area contributed by atoms with Crippen molar-refractivity contribution in [2.75, 3.05) is 37.5 Å². The summed E-state index contributed by atoms with van der Waals surface area (Å²) < 4.78 is 10.8. The highest BCUT2D eigenvalue weighted by molar-refractivity contribution is 7.16. The Bertz CT molecular complexity index is 921. The molecule has 0 spiro atoms. The average molecular weight is 385 g/mol. The van der Waals surface area contributed by atoms with Crippen LogP contribution in [0.25, 0.3) is 10.2 Å². The van der Waals surface area contributed by atoms with Gasteiger partial charge in [0.25, 0.3) is 0 Å². The van der Waals surface area contributed by atoms with Crippen LogP contribution in [0.1, 0.15) is 19.2 Å². The fraction of sp³-hybridized carbons (Fsp3) is 0.400. The van der Waals surface area contributed by atoms with Crippen molar-refractivity contribution >= 4 is 33.1 Å². The Morgan fingerprint density at radius 2 is 1.96 bits per heavy atom. The van der Waals surface area contributed by atoms with Crippen LogP contribution in [-0.2, 0) is 6.42 Å². The lowest BCUT2D eigenvalue weighted by atomic mass is 10.2. The van der Waals surface area contributed by atoms with E-state index >= 15 is 0 Å². The summed E-state index contributed by atoms with van der Waals surface area (Å²) in [5.41, 5.74) is 1.12. The fourth-order valence-electron chi connectivity index (χ4n) is 3.45.